The normalized spacial score (nSPS) is 20.7. The maximum atomic E-state index is 5.21. The minimum Gasteiger partial charge on any atom is -0.380 e. The van der Waals surface area contributed by atoms with Crippen LogP contribution in [0.15, 0.2) is 24.3 Å². The van der Waals surface area contributed by atoms with Crippen molar-refractivity contribution in [1.29, 1.82) is 0 Å². The first-order valence-corrected chi connectivity index (χ1v) is 5.69. The fourth-order valence-electron chi connectivity index (χ4n) is 2.25. The summed E-state index contributed by atoms with van der Waals surface area (Å²) in [6.07, 6.45) is 3.76. The van der Waals surface area contributed by atoms with Crippen LogP contribution >= 0.6 is 0 Å². The fraction of sp³-hybridized carbons (Fsp3) is 0.538. The first kappa shape index (κ1) is 10.7. The van der Waals surface area contributed by atoms with Gasteiger partial charge in [0.05, 0.1) is 6.61 Å². The molecule has 2 heteroatoms. The molecule has 1 aliphatic rings. The Morgan fingerprint density at radius 2 is 2.13 bits per heavy atom. The van der Waals surface area contributed by atoms with E-state index in [2.05, 4.69) is 29.6 Å². The van der Waals surface area contributed by atoms with Gasteiger partial charge in [0.2, 0.25) is 0 Å². The van der Waals surface area contributed by atoms with Gasteiger partial charge in [0.15, 0.2) is 0 Å². The van der Waals surface area contributed by atoms with E-state index in [1.54, 1.807) is 7.11 Å². The van der Waals surface area contributed by atoms with Crippen LogP contribution in [0, 0.1) is 0 Å². The number of benzene rings is 1. The average molecular weight is 205 g/mol. The maximum absolute atomic E-state index is 5.21. The molecule has 0 aliphatic carbocycles. The van der Waals surface area contributed by atoms with Gasteiger partial charge in [0.1, 0.15) is 0 Å². The Labute approximate surface area is 91.6 Å². The molecule has 1 N–H and O–H groups in total. The molecule has 1 heterocycles. The highest BCUT2D eigenvalue weighted by Gasteiger charge is 2.15. The van der Waals surface area contributed by atoms with Crippen molar-refractivity contribution in [2.75, 3.05) is 13.7 Å². The minimum atomic E-state index is 0.669. The van der Waals surface area contributed by atoms with Crippen molar-refractivity contribution in [2.24, 2.45) is 0 Å². The van der Waals surface area contributed by atoms with E-state index in [4.69, 9.17) is 4.74 Å². The van der Waals surface area contributed by atoms with Crippen LogP contribution in [0.3, 0.4) is 0 Å². The van der Waals surface area contributed by atoms with Crippen molar-refractivity contribution in [3.8, 4) is 0 Å². The molecule has 0 aromatic heterocycles. The van der Waals surface area contributed by atoms with E-state index in [0.29, 0.717) is 6.04 Å². The summed E-state index contributed by atoms with van der Waals surface area (Å²) in [6.45, 7) is 1.90. The summed E-state index contributed by atoms with van der Waals surface area (Å²) in [4.78, 5) is 0. The summed E-state index contributed by atoms with van der Waals surface area (Å²) in [5, 5.41) is 3.53. The van der Waals surface area contributed by atoms with Gasteiger partial charge in [-0.05, 0) is 36.9 Å². The average Bonchev–Trinajstić information content (AvgIpc) is 2.74. The molecule has 1 atom stereocenters. The smallest absolute Gasteiger partial charge is 0.0715 e. The van der Waals surface area contributed by atoms with Crippen LogP contribution in [0.1, 0.15) is 24.0 Å². The van der Waals surface area contributed by atoms with Gasteiger partial charge >= 0.3 is 0 Å². The summed E-state index contributed by atoms with van der Waals surface area (Å²) in [5.41, 5.74) is 2.76. The van der Waals surface area contributed by atoms with Crippen molar-refractivity contribution in [3.05, 3.63) is 35.4 Å². The third-order valence-corrected chi connectivity index (χ3v) is 3.05. The molecule has 82 valence electrons. The van der Waals surface area contributed by atoms with E-state index in [9.17, 15) is 0 Å². The van der Waals surface area contributed by atoms with Crippen molar-refractivity contribution < 1.29 is 4.74 Å². The van der Waals surface area contributed by atoms with Crippen LogP contribution in [0.2, 0.25) is 0 Å². The second kappa shape index (κ2) is 5.29. The Kier molecular flexibility index (Phi) is 3.75. The fourth-order valence-corrected chi connectivity index (χ4v) is 2.25. The van der Waals surface area contributed by atoms with Gasteiger partial charge in [-0.2, -0.15) is 0 Å². The van der Waals surface area contributed by atoms with E-state index in [1.807, 2.05) is 0 Å². The third-order valence-electron chi connectivity index (χ3n) is 3.05. The standard InChI is InChI=1S/C13H19NO/c1-15-10-12-6-3-2-5-11(12)9-13-7-4-8-14-13/h2-3,5-6,13-14H,4,7-10H2,1H3. The predicted molar refractivity (Wildman–Crippen MR) is 61.9 cm³/mol. The van der Waals surface area contributed by atoms with E-state index < -0.39 is 0 Å². The van der Waals surface area contributed by atoms with Gasteiger partial charge in [-0.3, -0.25) is 0 Å². The lowest BCUT2D eigenvalue weighted by molar-refractivity contribution is 0.184. The van der Waals surface area contributed by atoms with Gasteiger partial charge < -0.3 is 10.1 Å². The van der Waals surface area contributed by atoms with Gasteiger partial charge in [-0.25, -0.2) is 0 Å². The van der Waals surface area contributed by atoms with Crippen molar-refractivity contribution in [2.45, 2.75) is 31.9 Å². The Hall–Kier alpha value is -0.860. The van der Waals surface area contributed by atoms with Crippen LogP contribution in [-0.2, 0) is 17.8 Å². The number of methoxy groups -OCH3 is 1. The molecule has 0 radical (unpaired) electrons. The van der Waals surface area contributed by atoms with E-state index >= 15 is 0 Å². The molecule has 1 fully saturated rings. The zero-order valence-electron chi connectivity index (χ0n) is 9.33. The molecule has 1 unspecified atom stereocenters. The molecule has 15 heavy (non-hydrogen) atoms. The molecule has 1 aromatic rings. The lowest BCUT2D eigenvalue weighted by atomic mass is 10.00. The third kappa shape index (κ3) is 2.80. The highest BCUT2D eigenvalue weighted by molar-refractivity contribution is 5.27. The molecule has 0 amide bonds. The highest BCUT2D eigenvalue weighted by Crippen LogP contribution is 2.16. The lowest BCUT2D eigenvalue weighted by Crippen LogP contribution is -2.24. The Bertz CT molecular complexity index is 305. The molecule has 2 rings (SSSR count). The highest BCUT2D eigenvalue weighted by atomic mass is 16.5. The number of nitrogens with one attached hydrogen (secondary N) is 1. The first-order chi connectivity index (χ1) is 7.40. The first-order valence-electron chi connectivity index (χ1n) is 5.69. The summed E-state index contributed by atoms with van der Waals surface area (Å²) in [6, 6.07) is 9.24. The summed E-state index contributed by atoms with van der Waals surface area (Å²) < 4.78 is 5.21. The zero-order chi connectivity index (χ0) is 10.5. The van der Waals surface area contributed by atoms with Crippen LogP contribution in [0.5, 0.6) is 0 Å². The molecular formula is C13H19NO. The molecule has 0 spiro atoms. The van der Waals surface area contributed by atoms with Crippen molar-refractivity contribution in [3.63, 3.8) is 0 Å². The molecule has 2 nitrogen and oxygen atoms in total. The van der Waals surface area contributed by atoms with Crippen LogP contribution in [0.4, 0.5) is 0 Å². The Morgan fingerprint density at radius 3 is 2.80 bits per heavy atom. The second-order valence-electron chi connectivity index (χ2n) is 4.20. The monoisotopic (exact) mass is 205 g/mol. The van der Waals surface area contributed by atoms with Crippen molar-refractivity contribution in [1.82, 2.24) is 5.32 Å². The van der Waals surface area contributed by atoms with Crippen LogP contribution in [0.25, 0.3) is 0 Å². The van der Waals surface area contributed by atoms with Gasteiger partial charge in [0, 0.05) is 13.2 Å². The number of hydrogen-bond acceptors (Lipinski definition) is 2. The SMILES string of the molecule is COCc1ccccc1CC1CCCN1. The second-order valence-corrected chi connectivity index (χ2v) is 4.20. The van der Waals surface area contributed by atoms with Gasteiger partial charge in [0.25, 0.3) is 0 Å². The van der Waals surface area contributed by atoms with Crippen LogP contribution in [-0.4, -0.2) is 19.7 Å². The quantitative estimate of drug-likeness (QED) is 0.813. The largest absolute Gasteiger partial charge is 0.380 e. The zero-order valence-corrected chi connectivity index (χ0v) is 9.33. The molecular weight excluding hydrogens is 186 g/mol. The van der Waals surface area contributed by atoms with Gasteiger partial charge in [-0.1, -0.05) is 24.3 Å². The van der Waals surface area contributed by atoms with Crippen molar-refractivity contribution >= 4 is 0 Å². The Balaban J connectivity index is 2.05. The van der Waals surface area contributed by atoms with Gasteiger partial charge in [-0.15, -0.1) is 0 Å². The molecule has 1 saturated heterocycles. The van der Waals surface area contributed by atoms with E-state index in [0.717, 1.165) is 13.0 Å². The summed E-state index contributed by atoms with van der Waals surface area (Å²) in [5.74, 6) is 0. The summed E-state index contributed by atoms with van der Waals surface area (Å²) >= 11 is 0. The summed E-state index contributed by atoms with van der Waals surface area (Å²) in [7, 11) is 1.75. The van der Waals surface area contributed by atoms with E-state index in [1.165, 1.54) is 30.5 Å². The molecule has 1 aliphatic heterocycles. The van der Waals surface area contributed by atoms with E-state index in [-0.39, 0.29) is 0 Å². The predicted octanol–water partition coefficient (Wildman–Crippen LogP) is 2.13. The Morgan fingerprint density at radius 1 is 1.33 bits per heavy atom. The number of rotatable bonds is 4. The maximum Gasteiger partial charge on any atom is 0.0715 e. The topological polar surface area (TPSA) is 21.3 Å². The molecule has 0 saturated carbocycles. The van der Waals surface area contributed by atoms with Crippen LogP contribution < -0.4 is 5.32 Å². The number of hydrogen-bond donors (Lipinski definition) is 1. The number of ether oxygens (including phenoxy) is 1. The lowest BCUT2D eigenvalue weighted by Gasteiger charge is -2.13. The molecule has 0 bridgehead atoms. The minimum absolute atomic E-state index is 0.669. The molecule has 1 aromatic carbocycles.